The van der Waals surface area contributed by atoms with Gasteiger partial charge in [-0.2, -0.15) is 10.4 Å². The molecule has 0 unspecified atom stereocenters. The Balaban J connectivity index is 1.99. The standard InChI is InChI=1S/C24H26Cl2N4O4/c1-15(2)11-21(29-23(31)16(3)34-22-8-7-18(25)13-20(22)26)24(32)30-28-14-17-5-4-6-19(12-17)33-10-9-27/h4-8,12-16,21H,10-11H2,1-3H3,(H,29,31)(H,30,32)/b28-14-/t16-,21-/m1/s1. The van der Waals surface area contributed by atoms with E-state index < -0.39 is 24.0 Å². The fraction of sp³-hybridized carbons (Fsp3) is 0.333. The zero-order valence-electron chi connectivity index (χ0n) is 19.0. The minimum atomic E-state index is -0.902. The predicted octanol–water partition coefficient (Wildman–Crippen LogP) is 4.34. The molecule has 180 valence electrons. The normalized spacial score (nSPS) is 12.6. The summed E-state index contributed by atoms with van der Waals surface area (Å²) in [5.74, 6) is 0.0155. The second kappa shape index (κ2) is 13.4. The van der Waals surface area contributed by atoms with Gasteiger partial charge in [-0.1, -0.05) is 49.2 Å². The second-order valence-electron chi connectivity index (χ2n) is 7.78. The zero-order valence-corrected chi connectivity index (χ0v) is 20.6. The molecule has 0 saturated carbocycles. The van der Waals surface area contributed by atoms with Crippen molar-refractivity contribution in [3.63, 3.8) is 0 Å². The summed E-state index contributed by atoms with van der Waals surface area (Å²) in [5, 5.41) is 16.0. The average molecular weight is 505 g/mol. The van der Waals surface area contributed by atoms with Crippen LogP contribution in [0.15, 0.2) is 47.6 Å². The lowest BCUT2D eigenvalue weighted by Gasteiger charge is -2.22. The number of hydrogen-bond acceptors (Lipinski definition) is 6. The number of rotatable bonds is 11. The van der Waals surface area contributed by atoms with Gasteiger partial charge in [0.05, 0.1) is 11.2 Å². The minimum absolute atomic E-state index is 0.0692. The number of halogens is 2. The van der Waals surface area contributed by atoms with Crippen molar-refractivity contribution in [1.82, 2.24) is 10.7 Å². The number of nitrogens with one attached hydrogen (secondary N) is 2. The van der Waals surface area contributed by atoms with Gasteiger partial charge in [0.2, 0.25) is 0 Å². The maximum absolute atomic E-state index is 12.7. The molecule has 0 bridgehead atoms. The van der Waals surface area contributed by atoms with Crippen LogP contribution in [0.2, 0.25) is 10.0 Å². The van der Waals surface area contributed by atoms with Crippen LogP contribution >= 0.6 is 23.2 Å². The van der Waals surface area contributed by atoms with Crippen molar-refractivity contribution in [2.75, 3.05) is 6.61 Å². The third kappa shape index (κ3) is 8.93. The largest absolute Gasteiger partial charge is 0.479 e. The third-order valence-electron chi connectivity index (χ3n) is 4.46. The number of ether oxygens (including phenoxy) is 2. The van der Waals surface area contributed by atoms with Crippen molar-refractivity contribution in [3.05, 3.63) is 58.1 Å². The van der Waals surface area contributed by atoms with Gasteiger partial charge < -0.3 is 14.8 Å². The molecule has 0 spiro atoms. The highest BCUT2D eigenvalue weighted by atomic mass is 35.5. The van der Waals surface area contributed by atoms with E-state index in [0.717, 1.165) is 0 Å². The number of nitriles is 1. The third-order valence-corrected chi connectivity index (χ3v) is 4.99. The van der Waals surface area contributed by atoms with Crippen molar-refractivity contribution >= 4 is 41.2 Å². The molecule has 2 atom stereocenters. The van der Waals surface area contributed by atoms with E-state index in [-0.39, 0.29) is 17.5 Å². The fourth-order valence-corrected chi connectivity index (χ4v) is 3.31. The molecule has 2 N–H and O–H groups in total. The Morgan fingerprint density at radius 3 is 2.59 bits per heavy atom. The molecule has 2 amide bonds. The van der Waals surface area contributed by atoms with Crippen molar-refractivity contribution < 1.29 is 19.1 Å². The van der Waals surface area contributed by atoms with Crippen LogP contribution in [0, 0.1) is 17.2 Å². The van der Waals surface area contributed by atoms with Gasteiger partial charge in [-0.25, -0.2) is 5.43 Å². The first-order valence-electron chi connectivity index (χ1n) is 10.5. The van der Waals surface area contributed by atoms with Gasteiger partial charge in [0, 0.05) is 5.02 Å². The number of nitrogens with zero attached hydrogens (tertiary/aromatic N) is 2. The smallest absolute Gasteiger partial charge is 0.262 e. The van der Waals surface area contributed by atoms with Crippen LogP contribution in [0.5, 0.6) is 11.5 Å². The van der Waals surface area contributed by atoms with Crippen LogP contribution in [0.3, 0.4) is 0 Å². The van der Waals surface area contributed by atoms with Gasteiger partial charge in [0.25, 0.3) is 11.8 Å². The van der Waals surface area contributed by atoms with Crippen molar-refractivity contribution in [2.45, 2.75) is 39.3 Å². The number of carbonyl (C=O) groups is 2. The first-order chi connectivity index (χ1) is 16.2. The first kappa shape index (κ1) is 27.0. The van der Waals surface area contributed by atoms with Crippen LogP contribution in [-0.2, 0) is 9.59 Å². The fourth-order valence-electron chi connectivity index (χ4n) is 2.86. The summed E-state index contributed by atoms with van der Waals surface area (Å²) in [5.41, 5.74) is 3.12. The van der Waals surface area contributed by atoms with E-state index in [1.165, 1.54) is 12.3 Å². The minimum Gasteiger partial charge on any atom is -0.479 e. The lowest BCUT2D eigenvalue weighted by molar-refractivity contribution is -0.132. The molecule has 0 fully saturated rings. The van der Waals surface area contributed by atoms with Gasteiger partial charge in [-0.3, -0.25) is 9.59 Å². The maximum Gasteiger partial charge on any atom is 0.262 e. The highest BCUT2D eigenvalue weighted by Crippen LogP contribution is 2.28. The first-order valence-corrected chi connectivity index (χ1v) is 11.3. The molecule has 0 aliphatic heterocycles. The average Bonchev–Trinajstić information content (AvgIpc) is 2.78. The summed E-state index contributed by atoms with van der Waals surface area (Å²) in [4.78, 5) is 25.4. The van der Waals surface area contributed by atoms with Gasteiger partial charge >= 0.3 is 0 Å². The predicted molar refractivity (Wildman–Crippen MR) is 131 cm³/mol. The Hall–Kier alpha value is -3.28. The Morgan fingerprint density at radius 1 is 1.15 bits per heavy atom. The van der Waals surface area contributed by atoms with E-state index >= 15 is 0 Å². The summed E-state index contributed by atoms with van der Waals surface area (Å²) < 4.78 is 10.9. The van der Waals surface area contributed by atoms with E-state index in [0.29, 0.717) is 28.5 Å². The molecule has 2 aromatic carbocycles. The number of hydrogen-bond donors (Lipinski definition) is 2. The molecule has 0 saturated heterocycles. The van der Waals surface area contributed by atoms with Gasteiger partial charge in [-0.05, 0) is 55.2 Å². The summed E-state index contributed by atoms with van der Waals surface area (Å²) in [6, 6.07) is 12.7. The van der Waals surface area contributed by atoms with Crippen LogP contribution in [-0.4, -0.2) is 36.8 Å². The molecular weight excluding hydrogens is 479 g/mol. The van der Waals surface area contributed by atoms with E-state index in [4.69, 9.17) is 37.9 Å². The van der Waals surface area contributed by atoms with Crippen LogP contribution in [0.1, 0.15) is 32.8 Å². The van der Waals surface area contributed by atoms with Crippen molar-refractivity contribution in [3.8, 4) is 17.6 Å². The molecule has 2 rings (SSSR count). The van der Waals surface area contributed by atoms with Crippen LogP contribution in [0.25, 0.3) is 0 Å². The highest BCUT2D eigenvalue weighted by Gasteiger charge is 2.25. The summed E-state index contributed by atoms with van der Waals surface area (Å²) >= 11 is 12.0. The zero-order chi connectivity index (χ0) is 25.1. The molecule has 8 nitrogen and oxygen atoms in total. The molecule has 0 aromatic heterocycles. The summed E-state index contributed by atoms with van der Waals surface area (Å²) in [7, 11) is 0. The quantitative estimate of drug-likeness (QED) is 0.349. The van der Waals surface area contributed by atoms with Crippen LogP contribution < -0.4 is 20.2 Å². The number of benzene rings is 2. The lowest BCUT2D eigenvalue weighted by atomic mass is 10.0. The van der Waals surface area contributed by atoms with E-state index in [1.807, 2.05) is 19.9 Å². The van der Waals surface area contributed by atoms with E-state index in [1.54, 1.807) is 43.3 Å². The summed E-state index contributed by atoms with van der Waals surface area (Å²) in [6.45, 7) is 5.37. The summed E-state index contributed by atoms with van der Waals surface area (Å²) in [6.07, 6.45) is 0.944. The number of amides is 2. The molecule has 34 heavy (non-hydrogen) atoms. The van der Waals surface area contributed by atoms with Gasteiger partial charge in [0.15, 0.2) is 12.7 Å². The van der Waals surface area contributed by atoms with Crippen molar-refractivity contribution in [1.29, 1.82) is 5.26 Å². The van der Waals surface area contributed by atoms with Crippen LogP contribution in [0.4, 0.5) is 0 Å². The Bertz CT molecular complexity index is 1070. The topological polar surface area (TPSA) is 113 Å². The van der Waals surface area contributed by atoms with Gasteiger partial charge in [0.1, 0.15) is 23.6 Å². The van der Waals surface area contributed by atoms with Crippen molar-refractivity contribution in [2.24, 2.45) is 11.0 Å². The second-order valence-corrected chi connectivity index (χ2v) is 8.62. The molecular formula is C24H26Cl2N4O4. The molecule has 0 radical (unpaired) electrons. The Morgan fingerprint density at radius 2 is 1.91 bits per heavy atom. The Kier molecular flexibility index (Phi) is 10.7. The highest BCUT2D eigenvalue weighted by molar-refractivity contribution is 6.35. The maximum atomic E-state index is 12.7. The molecule has 0 aliphatic carbocycles. The van der Waals surface area contributed by atoms with E-state index in [9.17, 15) is 9.59 Å². The van der Waals surface area contributed by atoms with Gasteiger partial charge in [-0.15, -0.1) is 0 Å². The molecule has 0 heterocycles. The Labute approximate surface area is 208 Å². The number of hydrazone groups is 1. The van der Waals surface area contributed by atoms with E-state index in [2.05, 4.69) is 15.8 Å². The SMILES string of the molecule is CC(C)C[C@@H](NC(=O)[C@@H](C)Oc1ccc(Cl)cc1Cl)C(=O)N/N=C\c1cccc(OCC#N)c1. The molecule has 0 aliphatic rings. The number of carbonyl (C=O) groups excluding carboxylic acids is 2. The molecule has 2 aromatic rings. The lowest BCUT2D eigenvalue weighted by Crippen LogP contribution is -2.49. The monoisotopic (exact) mass is 504 g/mol. The molecule has 10 heteroatoms.